The van der Waals surface area contributed by atoms with Crippen molar-refractivity contribution in [2.24, 2.45) is 0 Å². The van der Waals surface area contributed by atoms with Crippen molar-refractivity contribution in [3.8, 4) is 0 Å². The average Bonchev–Trinajstić information content (AvgIpc) is 1.67. The quantitative estimate of drug-likeness (QED) is 0.447. The van der Waals surface area contributed by atoms with E-state index in [1.807, 2.05) is 0 Å². The number of carboxylic acid groups (broad SMARTS) is 1. The van der Waals surface area contributed by atoms with Gasteiger partial charge in [-0.3, -0.25) is 0 Å². The second kappa shape index (κ2) is 6.55. The summed E-state index contributed by atoms with van der Waals surface area (Å²) in [6.07, 6.45) is -0.667. The maximum atomic E-state index is 9.96. The van der Waals surface area contributed by atoms with Gasteiger partial charge in [0, 0.05) is 6.61 Å². The van der Waals surface area contributed by atoms with Crippen molar-refractivity contribution in [3.05, 3.63) is 0 Å². The molecule has 0 aromatic carbocycles. The summed E-state index contributed by atoms with van der Waals surface area (Å²) in [5.41, 5.74) is 0. The van der Waals surface area contributed by atoms with Crippen molar-refractivity contribution in [2.75, 3.05) is 6.61 Å². The van der Waals surface area contributed by atoms with E-state index in [-0.39, 0.29) is 31.0 Å². The summed E-state index contributed by atoms with van der Waals surface area (Å²) in [5, 5.41) is 8.19. The third-order valence-electron chi connectivity index (χ3n) is 0.764. The number of aliphatic carboxylic acids is 1. The van der Waals surface area contributed by atoms with E-state index in [9.17, 15) is 4.79 Å². The molecule has 3 nitrogen and oxygen atoms in total. The number of carboxylic acids is 1. The van der Waals surface area contributed by atoms with Gasteiger partial charge in [0.05, 0.1) is 0 Å². The molecule has 0 spiro atoms. The number of hydrogen-bond donors (Lipinski definition) is 1. The minimum atomic E-state index is -0.910. The van der Waals surface area contributed by atoms with Crippen LogP contribution in [0.15, 0.2) is 0 Å². The molecule has 0 aliphatic rings. The van der Waals surface area contributed by atoms with Crippen LogP contribution in [0.4, 0.5) is 0 Å². The summed E-state index contributed by atoms with van der Waals surface area (Å²) in [7, 11) is 0. The molecule has 50 valence electrons. The number of hydrogen-bond acceptors (Lipinski definition) is 2. The predicted molar refractivity (Wildman–Crippen MR) is 29.8 cm³/mol. The van der Waals surface area contributed by atoms with Gasteiger partial charge < -0.3 is 11.3 Å². The first-order chi connectivity index (χ1) is 3.68. The first-order valence-electron chi connectivity index (χ1n) is 2.53. The van der Waals surface area contributed by atoms with Gasteiger partial charge in [-0.2, -0.15) is 0 Å². The Bertz CT molecular complexity index is 89.0. The smallest absolute Gasteiger partial charge is 1.00 e. The minimum Gasteiger partial charge on any atom is -1.00 e. The van der Waals surface area contributed by atoms with Crippen molar-refractivity contribution in [1.29, 1.82) is 0 Å². The van der Waals surface area contributed by atoms with E-state index in [4.69, 9.17) is 9.84 Å². The molecule has 0 aromatic heterocycles. The summed E-state index contributed by atoms with van der Waals surface area (Å²) in [6, 6.07) is 0. The van der Waals surface area contributed by atoms with Crippen LogP contribution >= 0.6 is 0 Å². The molecular weight excluding hydrogens is 131 g/mol. The average molecular weight is 142 g/mol. The summed E-state index contributed by atoms with van der Waals surface area (Å²) >= 11 is 0. The normalized spacial score (nSPS) is 11.8. The van der Waals surface area contributed by atoms with E-state index in [1.165, 1.54) is 6.92 Å². The number of rotatable bonds is 3. The first kappa shape index (κ1) is 12.1. The fraction of sp³-hybridized carbons (Fsp3) is 0.800. The van der Waals surface area contributed by atoms with E-state index >= 15 is 0 Å². The molecule has 1 atom stereocenters. The second-order valence-electron chi connectivity index (χ2n) is 1.44. The third kappa shape index (κ3) is 6.31. The number of ether oxygens (including phenoxy) is 1. The number of carbonyl (C=O) groups is 1. The molecule has 0 saturated heterocycles. The minimum absolute atomic E-state index is 0. The van der Waals surface area contributed by atoms with Crippen molar-refractivity contribution in [2.45, 2.75) is 20.0 Å². The summed E-state index contributed by atoms with van der Waals surface area (Å²) < 4.78 is 4.70. The molecule has 0 aliphatic carbocycles. The van der Waals surface area contributed by atoms with Crippen LogP contribution in [0.2, 0.25) is 0 Å². The van der Waals surface area contributed by atoms with E-state index in [0.29, 0.717) is 6.61 Å². The van der Waals surface area contributed by atoms with Crippen LogP contribution in [0.3, 0.4) is 0 Å². The van der Waals surface area contributed by atoms with E-state index < -0.39 is 12.1 Å². The molecule has 0 bridgehead atoms. The molecule has 1 N–H and O–H groups in total. The van der Waals surface area contributed by atoms with Crippen LogP contribution in [-0.4, -0.2) is 23.8 Å². The molecule has 0 aromatic rings. The first-order valence-corrected chi connectivity index (χ1v) is 2.53. The third-order valence-corrected chi connectivity index (χ3v) is 0.764. The van der Waals surface area contributed by atoms with Crippen LogP contribution in [0.5, 0.6) is 0 Å². The molecule has 4 heteroatoms. The van der Waals surface area contributed by atoms with Gasteiger partial charge >= 0.3 is 35.5 Å². The Labute approximate surface area is 78.2 Å². The molecule has 0 radical (unpaired) electrons. The topological polar surface area (TPSA) is 46.5 Å². The van der Waals surface area contributed by atoms with Crippen LogP contribution in [0.25, 0.3) is 0 Å². The van der Waals surface area contributed by atoms with Crippen molar-refractivity contribution < 1.29 is 45.6 Å². The molecule has 0 rings (SSSR count). The molecule has 0 fully saturated rings. The van der Waals surface area contributed by atoms with Crippen LogP contribution in [0, 0.1) is 0 Å². The maximum Gasteiger partial charge on any atom is 1.00 e. The Balaban J connectivity index is -0.000000245. The maximum absolute atomic E-state index is 9.96. The molecular formula is C5H11NaO3. The fourth-order valence-electron chi connectivity index (χ4n) is 0.321. The Morgan fingerprint density at radius 3 is 2.44 bits per heavy atom. The van der Waals surface area contributed by atoms with Crippen LogP contribution in [0.1, 0.15) is 15.3 Å². The van der Waals surface area contributed by atoms with Gasteiger partial charge in [-0.15, -0.1) is 0 Å². The van der Waals surface area contributed by atoms with E-state index in [2.05, 4.69) is 0 Å². The fourth-order valence-corrected chi connectivity index (χ4v) is 0.321. The Kier molecular flexibility index (Phi) is 8.83. The van der Waals surface area contributed by atoms with Gasteiger partial charge in [-0.1, -0.05) is 0 Å². The molecule has 0 aliphatic heterocycles. The van der Waals surface area contributed by atoms with Gasteiger partial charge in [0.1, 0.15) is 0 Å². The monoisotopic (exact) mass is 142 g/mol. The summed E-state index contributed by atoms with van der Waals surface area (Å²) in [4.78, 5) is 9.96. The largest absolute Gasteiger partial charge is 1.00 e. The van der Waals surface area contributed by atoms with Gasteiger partial charge in [-0.25, -0.2) is 4.79 Å². The molecule has 0 saturated carbocycles. The Morgan fingerprint density at radius 1 is 1.89 bits per heavy atom. The zero-order chi connectivity index (χ0) is 6.57. The summed E-state index contributed by atoms with van der Waals surface area (Å²) in [5.74, 6) is -0.910. The van der Waals surface area contributed by atoms with Crippen molar-refractivity contribution in [3.63, 3.8) is 0 Å². The van der Waals surface area contributed by atoms with E-state index in [0.717, 1.165) is 0 Å². The Hall–Kier alpha value is 0.430. The Morgan fingerprint density at radius 2 is 2.33 bits per heavy atom. The standard InChI is InChI=1S/C5H10O3.Na.H/c1-3-8-4(2)5(6)7;;/h4H,3H2,1-2H3,(H,6,7);;/q;+1;-1. The van der Waals surface area contributed by atoms with Crippen LogP contribution < -0.4 is 29.6 Å². The van der Waals surface area contributed by atoms with Crippen molar-refractivity contribution >= 4 is 5.97 Å². The van der Waals surface area contributed by atoms with Gasteiger partial charge in [-0.05, 0) is 13.8 Å². The predicted octanol–water partition coefficient (Wildman–Crippen LogP) is -2.39. The molecule has 1 unspecified atom stereocenters. The van der Waals surface area contributed by atoms with Gasteiger partial charge in [0.2, 0.25) is 0 Å². The zero-order valence-corrected chi connectivity index (χ0v) is 8.05. The van der Waals surface area contributed by atoms with E-state index in [1.54, 1.807) is 6.92 Å². The van der Waals surface area contributed by atoms with Crippen molar-refractivity contribution in [1.82, 2.24) is 0 Å². The molecule has 0 amide bonds. The molecule has 9 heavy (non-hydrogen) atoms. The second-order valence-corrected chi connectivity index (χ2v) is 1.44. The zero-order valence-electron chi connectivity index (χ0n) is 7.05. The molecule has 0 heterocycles. The van der Waals surface area contributed by atoms with Gasteiger partial charge in [0.15, 0.2) is 6.10 Å². The van der Waals surface area contributed by atoms with Gasteiger partial charge in [0.25, 0.3) is 0 Å². The SMILES string of the molecule is CCOC(C)C(=O)O.[H-].[Na+]. The van der Waals surface area contributed by atoms with Crippen LogP contribution in [-0.2, 0) is 9.53 Å². The summed E-state index contributed by atoms with van der Waals surface area (Å²) in [6.45, 7) is 3.72.